The minimum atomic E-state index is 0.0729. The van der Waals surface area contributed by atoms with Crippen LogP contribution in [0.15, 0.2) is 24.3 Å². The second-order valence-electron chi connectivity index (χ2n) is 4.41. The SMILES string of the molecule is [2H]C1=CC=CC(CC#CC(C)(C)C)[C+]1I. The van der Waals surface area contributed by atoms with Crippen LogP contribution in [0.3, 0.4) is 0 Å². The lowest BCUT2D eigenvalue weighted by atomic mass is 9.94. The van der Waals surface area contributed by atoms with E-state index in [4.69, 9.17) is 1.37 Å². The molecule has 1 atom stereocenters. The molecule has 0 aromatic rings. The van der Waals surface area contributed by atoms with Gasteiger partial charge in [0.2, 0.25) is 0 Å². The summed E-state index contributed by atoms with van der Waals surface area (Å²) in [5.41, 5.74) is 0.0729. The molecular formula is C13H16I+. The van der Waals surface area contributed by atoms with Crippen LogP contribution < -0.4 is 0 Å². The summed E-state index contributed by atoms with van der Waals surface area (Å²) >= 11 is 2.25. The molecule has 0 bridgehead atoms. The Morgan fingerprint density at radius 2 is 2.21 bits per heavy atom. The minimum Gasteiger partial charge on any atom is -0.0998 e. The normalized spacial score (nSPS) is 22.3. The van der Waals surface area contributed by atoms with E-state index in [2.05, 4.69) is 61.3 Å². The van der Waals surface area contributed by atoms with Crippen LogP contribution >= 0.6 is 22.6 Å². The molecule has 0 aromatic carbocycles. The van der Waals surface area contributed by atoms with Gasteiger partial charge in [0.1, 0.15) is 11.3 Å². The fourth-order valence-corrected chi connectivity index (χ4v) is 1.70. The van der Waals surface area contributed by atoms with Crippen molar-refractivity contribution in [3.8, 4) is 11.8 Å². The third-order valence-corrected chi connectivity index (χ3v) is 2.88. The molecule has 0 aliphatic heterocycles. The molecule has 74 valence electrons. The van der Waals surface area contributed by atoms with E-state index in [1.165, 1.54) is 0 Å². The van der Waals surface area contributed by atoms with Gasteiger partial charge in [-0.15, -0.1) is 0 Å². The van der Waals surface area contributed by atoms with E-state index in [-0.39, 0.29) is 5.41 Å². The lowest BCUT2D eigenvalue weighted by Crippen LogP contribution is -2.04. The van der Waals surface area contributed by atoms with E-state index >= 15 is 0 Å². The van der Waals surface area contributed by atoms with Crippen LogP contribution in [0.4, 0.5) is 0 Å². The molecule has 1 aliphatic rings. The predicted molar refractivity (Wildman–Crippen MR) is 70.9 cm³/mol. The fourth-order valence-electron chi connectivity index (χ4n) is 1.09. The lowest BCUT2D eigenvalue weighted by Gasteiger charge is -2.10. The molecule has 0 fully saturated rings. The summed E-state index contributed by atoms with van der Waals surface area (Å²) in [5.74, 6) is 6.75. The number of rotatable bonds is 1. The van der Waals surface area contributed by atoms with Crippen molar-refractivity contribution >= 4 is 22.6 Å². The first-order chi connectivity index (χ1) is 6.90. The number of halogens is 1. The van der Waals surface area contributed by atoms with E-state index in [0.29, 0.717) is 12.0 Å². The Bertz CT molecular complexity index is 336. The molecule has 1 aliphatic carbocycles. The smallest absolute Gasteiger partial charge is 0.0998 e. The molecule has 0 saturated heterocycles. The van der Waals surface area contributed by atoms with Gasteiger partial charge >= 0.3 is 0 Å². The van der Waals surface area contributed by atoms with Gasteiger partial charge in [-0.3, -0.25) is 0 Å². The molecule has 1 rings (SSSR count). The van der Waals surface area contributed by atoms with Crippen LogP contribution in [0.1, 0.15) is 28.6 Å². The van der Waals surface area contributed by atoms with Crippen LogP contribution in [0.5, 0.6) is 0 Å². The van der Waals surface area contributed by atoms with E-state index in [1.807, 2.05) is 12.2 Å². The Hall–Kier alpha value is -0.360. The summed E-state index contributed by atoms with van der Waals surface area (Å²) in [6.07, 6.45) is 6.73. The molecule has 14 heavy (non-hydrogen) atoms. The zero-order valence-electron chi connectivity index (χ0n) is 9.89. The van der Waals surface area contributed by atoms with Gasteiger partial charge < -0.3 is 0 Å². The van der Waals surface area contributed by atoms with E-state index in [1.54, 1.807) is 0 Å². The second kappa shape index (κ2) is 4.93. The Morgan fingerprint density at radius 1 is 1.50 bits per heavy atom. The van der Waals surface area contributed by atoms with Crippen LogP contribution in [0.25, 0.3) is 0 Å². The van der Waals surface area contributed by atoms with E-state index in [9.17, 15) is 0 Å². The average molecular weight is 300 g/mol. The van der Waals surface area contributed by atoms with Crippen molar-refractivity contribution < 1.29 is 1.37 Å². The lowest BCUT2D eigenvalue weighted by molar-refractivity contribution is 0.569. The molecule has 0 saturated carbocycles. The van der Waals surface area contributed by atoms with Crippen LogP contribution in [0, 0.1) is 27.1 Å². The van der Waals surface area contributed by atoms with Gasteiger partial charge in [0.15, 0.2) is 0 Å². The first kappa shape index (κ1) is 10.2. The molecule has 0 N–H and O–H groups in total. The average Bonchev–Trinajstić information content (AvgIpc) is 2.10. The third-order valence-electron chi connectivity index (χ3n) is 1.77. The largest absolute Gasteiger partial charge is 0.125 e. The minimum absolute atomic E-state index is 0.0729. The Kier molecular flexibility index (Phi) is 3.58. The van der Waals surface area contributed by atoms with Crippen LogP contribution in [0.2, 0.25) is 0 Å². The zero-order valence-corrected chi connectivity index (χ0v) is 11.1. The molecule has 0 nitrogen and oxygen atoms in total. The van der Waals surface area contributed by atoms with Crippen molar-refractivity contribution in [2.45, 2.75) is 27.2 Å². The summed E-state index contributed by atoms with van der Waals surface area (Å²) in [5, 5.41) is 0. The molecule has 0 amide bonds. The summed E-state index contributed by atoms with van der Waals surface area (Å²) in [7, 11) is 0. The molecule has 0 heterocycles. The van der Waals surface area contributed by atoms with Gasteiger partial charge in [-0.1, -0.05) is 11.8 Å². The monoisotopic (exact) mass is 300 g/mol. The summed E-state index contributed by atoms with van der Waals surface area (Å²) < 4.78 is 8.78. The van der Waals surface area contributed by atoms with Crippen molar-refractivity contribution in [1.29, 1.82) is 0 Å². The van der Waals surface area contributed by atoms with Gasteiger partial charge in [0.05, 0.1) is 34.6 Å². The van der Waals surface area contributed by atoms with Crippen LogP contribution in [-0.4, -0.2) is 0 Å². The summed E-state index contributed by atoms with van der Waals surface area (Å²) in [4.78, 5) is 0. The molecule has 0 spiro atoms. The van der Waals surface area contributed by atoms with Crippen LogP contribution in [-0.2, 0) is 0 Å². The van der Waals surface area contributed by atoms with Crippen molar-refractivity contribution in [2.75, 3.05) is 0 Å². The fraction of sp³-hybridized carbons (Fsp3) is 0.462. The number of hydrogen-bond donors (Lipinski definition) is 0. The molecule has 0 aromatic heterocycles. The topological polar surface area (TPSA) is 0 Å². The Labute approximate surface area is 102 Å². The summed E-state index contributed by atoms with van der Waals surface area (Å²) in [6.45, 7) is 6.34. The van der Waals surface area contributed by atoms with Crippen molar-refractivity contribution in [3.63, 3.8) is 0 Å². The zero-order chi connectivity index (χ0) is 11.5. The quantitative estimate of drug-likeness (QED) is 0.388. The first-order valence-electron chi connectivity index (χ1n) is 5.28. The maximum absolute atomic E-state index is 7.68. The highest BCUT2D eigenvalue weighted by Gasteiger charge is 2.22. The first-order valence-corrected chi connectivity index (χ1v) is 5.86. The van der Waals surface area contributed by atoms with Gasteiger partial charge in [-0.25, -0.2) is 0 Å². The molecule has 0 radical (unpaired) electrons. The van der Waals surface area contributed by atoms with E-state index in [0.717, 1.165) is 10.3 Å². The maximum atomic E-state index is 7.68. The van der Waals surface area contributed by atoms with Gasteiger partial charge in [-0.05, 0) is 26.8 Å². The highest BCUT2D eigenvalue weighted by Crippen LogP contribution is 2.30. The summed E-state index contributed by atoms with van der Waals surface area (Å²) in [6, 6.07) is 0.626. The third kappa shape index (κ3) is 4.23. The van der Waals surface area contributed by atoms with E-state index < -0.39 is 0 Å². The van der Waals surface area contributed by atoms with Crippen molar-refractivity contribution in [1.82, 2.24) is 0 Å². The van der Waals surface area contributed by atoms with Crippen molar-refractivity contribution in [3.05, 3.63) is 28.2 Å². The highest BCUT2D eigenvalue weighted by atomic mass is 127. The Morgan fingerprint density at radius 3 is 2.86 bits per heavy atom. The standard InChI is InChI=1S/C13H16I/c1-13(2,3)10-6-8-11-7-4-5-9-12(11)14/h4-5,7,9,11H,8H2,1-3H3/q+1/i9D. The molecular weight excluding hydrogens is 283 g/mol. The van der Waals surface area contributed by atoms with Gasteiger partial charge in [0, 0.05) is 17.9 Å². The molecule has 1 heteroatoms. The second-order valence-corrected chi connectivity index (χ2v) is 5.57. The highest BCUT2D eigenvalue weighted by molar-refractivity contribution is 14.1. The number of hydrogen-bond acceptors (Lipinski definition) is 0. The van der Waals surface area contributed by atoms with Crippen molar-refractivity contribution in [2.24, 2.45) is 11.3 Å². The molecule has 1 unspecified atom stereocenters. The predicted octanol–water partition coefficient (Wildman–Crippen LogP) is 4.14. The number of allylic oxidation sites excluding steroid dienone is 4. The maximum Gasteiger partial charge on any atom is 0.125 e. The Balaban J connectivity index is 2.57. The van der Waals surface area contributed by atoms with Gasteiger partial charge in [-0.2, -0.15) is 0 Å². The van der Waals surface area contributed by atoms with Gasteiger partial charge in [0.25, 0.3) is 0 Å².